The topological polar surface area (TPSA) is 46.1 Å². The van der Waals surface area contributed by atoms with Crippen LogP contribution in [0.15, 0.2) is 60.8 Å². The average Bonchev–Trinajstić information content (AvgIpc) is 3.01. The maximum absolute atomic E-state index is 13.8. The van der Waals surface area contributed by atoms with Crippen molar-refractivity contribution in [3.63, 3.8) is 0 Å². The number of anilines is 1. The Kier molecular flexibility index (Phi) is 5.37. The molecule has 0 unspecified atom stereocenters. The highest BCUT2D eigenvalue weighted by atomic mass is 19.1. The van der Waals surface area contributed by atoms with Crippen LogP contribution in [0.5, 0.6) is 0 Å². The van der Waals surface area contributed by atoms with Crippen molar-refractivity contribution in [3.8, 4) is 0 Å². The number of urea groups is 1. The minimum absolute atomic E-state index is 0.229. The van der Waals surface area contributed by atoms with E-state index in [2.05, 4.69) is 16.7 Å². The van der Waals surface area contributed by atoms with E-state index in [0.29, 0.717) is 18.7 Å². The molecule has 1 heterocycles. The van der Waals surface area contributed by atoms with Gasteiger partial charge in [0.25, 0.3) is 0 Å². The summed E-state index contributed by atoms with van der Waals surface area (Å²) in [5.41, 5.74) is 4.48. The lowest BCUT2D eigenvalue weighted by Gasteiger charge is -2.12. The third-order valence-electron chi connectivity index (χ3n) is 4.13. The van der Waals surface area contributed by atoms with Gasteiger partial charge in [0.15, 0.2) is 0 Å². The summed E-state index contributed by atoms with van der Waals surface area (Å²) in [4.78, 5) is 12.2. The molecule has 0 spiro atoms. The summed E-state index contributed by atoms with van der Waals surface area (Å²) < 4.78 is 15.8. The van der Waals surface area contributed by atoms with Crippen molar-refractivity contribution in [2.75, 3.05) is 5.32 Å². The zero-order valence-electron chi connectivity index (χ0n) is 14.9. The number of carbonyl (C=O) groups excluding carboxylic acids is 1. The number of aromatic nitrogens is 1. The maximum atomic E-state index is 13.8. The van der Waals surface area contributed by atoms with E-state index in [1.165, 1.54) is 6.07 Å². The molecule has 3 aromatic rings. The molecule has 26 heavy (non-hydrogen) atoms. The number of nitrogens with zero attached hydrogens (tertiary/aromatic N) is 1. The van der Waals surface area contributed by atoms with Gasteiger partial charge >= 0.3 is 6.03 Å². The first-order valence-corrected chi connectivity index (χ1v) is 8.52. The molecule has 134 valence electrons. The number of benzene rings is 2. The van der Waals surface area contributed by atoms with E-state index in [0.717, 1.165) is 22.5 Å². The van der Waals surface area contributed by atoms with Crippen molar-refractivity contribution in [2.24, 2.45) is 0 Å². The van der Waals surface area contributed by atoms with Crippen molar-refractivity contribution in [2.45, 2.75) is 26.9 Å². The SMILES string of the molecule is Cc1cc(C)cc(NC(=O)NCc2cccn2Cc2ccccc2F)c1. The Morgan fingerprint density at radius 3 is 2.50 bits per heavy atom. The van der Waals surface area contributed by atoms with Gasteiger partial charge in [-0.1, -0.05) is 24.3 Å². The minimum Gasteiger partial charge on any atom is -0.345 e. The van der Waals surface area contributed by atoms with Crippen molar-refractivity contribution in [1.29, 1.82) is 0 Å². The van der Waals surface area contributed by atoms with E-state index in [4.69, 9.17) is 0 Å². The van der Waals surface area contributed by atoms with Crippen molar-refractivity contribution < 1.29 is 9.18 Å². The van der Waals surface area contributed by atoms with Crippen molar-refractivity contribution in [3.05, 3.63) is 89.0 Å². The lowest BCUT2D eigenvalue weighted by Crippen LogP contribution is -2.29. The molecule has 1 aromatic heterocycles. The average molecular weight is 351 g/mol. The molecule has 0 saturated carbocycles. The Hall–Kier alpha value is -3.08. The summed E-state index contributed by atoms with van der Waals surface area (Å²) in [5, 5.41) is 5.69. The van der Waals surface area contributed by atoms with E-state index < -0.39 is 0 Å². The predicted octanol–water partition coefficient (Wildman–Crippen LogP) is 4.61. The smallest absolute Gasteiger partial charge is 0.319 e. The zero-order chi connectivity index (χ0) is 18.5. The number of rotatable bonds is 5. The van der Waals surface area contributed by atoms with E-state index in [-0.39, 0.29) is 11.8 Å². The summed E-state index contributed by atoms with van der Waals surface area (Å²) in [6.07, 6.45) is 1.88. The quantitative estimate of drug-likeness (QED) is 0.692. The first-order valence-electron chi connectivity index (χ1n) is 8.52. The van der Waals surface area contributed by atoms with Gasteiger partial charge in [-0.15, -0.1) is 0 Å². The van der Waals surface area contributed by atoms with E-state index in [9.17, 15) is 9.18 Å². The fourth-order valence-electron chi connectivity index (χ4n) is 2.97. The maximum Gasteiger partial charge on any atom is 0.319 e. The first-order chi connectivity index (χ1) is 12.5. The second-order valence-electron chi connectivity index (χ2n) is 6.40. The van der Waals surface area contributed by atoms with Crippen LogP contribution in [0.25, 0.3) is 0 Å². The highest BCUT2D eigenvalue weighted by Crippen LogP contribution is 2.14. The Labute approximate surface area is 152 Å². The Bertz CT molecular complexity index is 897. The number of aryl methyl sites for hydroxylation is 2. The van der Waals surface area contributed by atoms with Crippen LogP contribution in [0.4, 0.5) is 14.9 Å². The lowest BCUT2D eigenvalue weighted by atomic mass is 10.1. The highest BCUT2D eigenvalue weighted by Gasteiger charge is 2.08. The molecule has 0 aliphatic rings. The van der Waals surface area contributed by atoms with Gasteiger partial charge in [-0.25, -0.2) is 9.18 Å². The van der Waals surface area contributed by atoms with Crippen LogP contribution >= 0.6 is 0 Å². The molecule has 2 amide bonds. The van der Waals surface area contributed by atoms with Crippen LogP contribution < -0.4 is 10.6 Å². The largest absolute Gasteiger partial charge is 0.345 e. The van der Waals surface area contributed by atoms with E-state index >= 15 is 0 Å². The second-order valence-corrected chi connectivity index (χ2v) is 6.40. The minimum atomic E-state index is -0.270. The molecule has 0 aliphatic heterocycles. The number of hydrogen-bond acceptors (Lipinski definition) is 1. The van der Waals surface area contributed by atoms with Crippen LogP contribution in [0.3, 0.4) is 0 Å². The molecule has 0 bridgehead atoms. The van der Waals surface area contributed by atoms with E-state index in [1.54, 1.807) is 12.1 Å². The van der Waals surface area contributed by atoms with Crippen molar-refractivity contribution >= 4 is 11.7 Å². The molecule has 5 heteroatoms. The van der Waals surface area contributed by atoms with Gasteiger partial charge in [-0.3, -0.25) is 0 Å². The fraction of sp³-hybridized carbons (Fsp3) is 0.190. The monoisotopic (exact) mass is 351 g/mol. The van der Waals surface area contributed by atoms with Crippen LogP contribution in [0, 0.1) is 19.7 Å². The van der Waals surface area contributed by atoms with Crippen LogP contribution in [-0.2, 0) is 13.1 Å². The molecule has 2 aromatic carbocycles. The van der Waals surface area contributed by atoms with Crippen LogP contribution in [0.2, 0.25) is 0 Å². The summed E-state index contributed by atoms with van der Waals surface area (Å²) >= 11 is 0. The zero-order valence-corrected chi connectivity index (χ0v) is 14.9. The third-order valence-corrected chi connectivity index (χ3v) is 4.13. The Morgan fingerprint density at radius 1 is 1.04 bits per heavy atom. The number of amides is 2. The molecule has 0 atom stereocenters. The summed E-state index contributed by atoms with van der Waals surface area (Å²) in [5.74, 6) is -0.229. The number of carbonyl (C=O) groups is 1. The van der Waals surface area contributed by atoms with Gasteiger partial charge in [0.1, 0.15) is 5.82 Å². The molecular formula is C21H22FN3O. The second kappa shape index (κ2) is 7.87. The third kappa shape index (κ3) is 4.51. The van der Waals surface area contributed by atoms with Gasteiger partial charge in [-0.2, -0.15) is 0 Å². The first kappa shape index (κ1) is 17.7. The molecular weight excluding hydrogens is 329 g/mol. The fourth-order valence-corrected chi connectivity index (χ4v) is 2.97. The normalized spacial score (nSPS) is 10.6. The lowest BCUT2D eigenvalue weighted by molar-refractivity contribution is 0.251. The molecule has 2 N–H and O–H groups in total. The highest BCUT2D eigenvalue weighted by molar-refractivity contribution is 5.89. The molecule has 4 nitrogen and oxygen atoms in total. The molecule has 0 aliphatic carbocycles. The Balaban J connectivity index is 1.61. The predicted molar refractivity (Wildman–Crippen MR) is 102 cm³/mol. The number of halogens is 1. The molecule has 0 radical (unpaired) electrons. The molecule has 3 rings (SSSR count). The number of hydrogen-bond donors (Lipinski definition) is 2. The summed E-state index contributed by atoms with van der Waals surface area (Å²) in [7, 11) is 0. The summed E-state index contributed by atoms with van der Waals surface area (Å²) in [6.45, 7) is 4.77. The molecule has 0 saturated heterocycles. The van der Waals surface area contributed by atoms with Gasteiger partial charge in [0, 0.05) is 23.1 Å². The summed E-state index contributed by atoms with van der Waals surface area (Å²) in [6, 6.07) is 16.1. The van der Waals surface area contributed by atoms with E-state index in [1.807, 2.05) is 54.9 Å². The Morgan fingerprint density at radius 2 is 1.77 bits per heavy atom. The van der Waals surface area contributed by atoms with Gasteiger partial charge < -0.3 is 15.2 Å². The van der Waals surface area contributed by atoms with Gasteiger partial charge in [0.2, 0.25) is 0 Å². The molecule has 0 fully saturated rings. The van der Waals surface area contributed by atoms with Gasteiger partial charge in [0.05, 0.1) is 13.1 Å². The number of nitrogens with one attached hydrogen (secondary N) is 2. The van der Waals surface area contributed by atoms with Crippen LogP contribution in [-0.4, -0.2) is 10.6 Å². The standard InChI is InChI=1S/C21H22FN3O/c1-15-10-16(2)12-18(11-15)24-21(26)23-13-19-7-5-9-25(19)14-17-6-3-4-8-20(17)22/h3-12H,13-14H2,1-2H3,(H2,23,24,26). The van der Waals surface area contributed by atoms with Crippen LogP contribution in [0.1, 0.15) is 22.4 Å². The van der Waals surface area contributed by atoms with Crippen molar-refractivity contribution in [1.82, 2.24) is 9.88 Å². The van der Waals surface area contributed by atoms with Gasteiger partial charge in [-0.05, 0) is 55.3 Å².